The SMILES string of the molecule is Cc1cc(CNCC[C@@]2(c3ccccn3)CCOC3(CCCC3)C2)oc1C.O=C(O)C(F)(F)F. The second kappa shape index (κ2) is 10.9. The van der Waals surface area contributed by atoms with Crippen molar-refractivity contribution in [2.45, 2.75) is 82.5 Å². The van der Waals surface area contributed by atoms with E-state index in [1.165, 1.54) is 36.9 Å². The van der Waals surface area contributed by atoms with Gasteiger partial charge in [0.1, 0.15) is 11.5 Å². The molecule has 1 spiro atoms. The summed E-state index contributed by atoms with van der Waals surface area (Å²) in [6.07, 6.45) is 5.13. The topological polar surface area (TPSA) is 84.6 Å². The van der Waals surface area contributed by atoms with E-state index in [1.807, 2.05) is 19.2 Å². The lowest BCUT2D eigenvalue weighted by molar-refractivity contribution is -0.192. The Hall–Kier alpha value is -2.39. The first-order chi connectivity index (χ1) is 16.1. The number of hydrogen-bond donors (Lipinski definition) is 2. The fourth-order valence-corrected chi connectivity index (χ4v) is 5.07. The van der Waals surface area contributed by atoms with Gasteiger partial charge in [0.15, 0.2) is 0 Å². The zero-order valence-electron chi connectivity index (χ0n) is 19.7. The van der Waals surface area contributed by atoms with E-state index in [4.69, 9.17) is 24.0 Å². The van der Waals surface area contributed by atoms with Crippen LogP contribution in [0.5, 0.6) is 0 Å². The number of pyridine rings is 1. The molecule has 0 radical (unpaired) electrons. The van der Waals surface area contributed by atoms with E-state index in [0.717, 1.165) is 50.5 Å². The standard InChI is InChI=1S/C23H32N2O2.C2HF3O2/c1-18-15-20(27-19(18)2)16-24-13-10-22(21-7-3-6-12-25-21)11-14-26-23(17-22)8-4-5-9-23;3-2(4,5)1(6)7/h3,6-7,12,15,24H,4-5,8-11,13-14,16-17H2,1-2H3;(H,6,7)/t22-;/m1./s1. The van der Waals surface area contributed by atoms with Gasteiger partial charge in [-0.05, 0) is 76.3 Å². The number of aromatic nitrogens is 1. The number of halogens is 3. The average molecular weight is 483 g/mol. The van der Waals surface area contributed by atoms with Crippen LogP contribution in [0.1, 0.15) is 67.7 Å². The van der Waals surface area contributed by atoms with Gasteiger partial charge in [0.2, 0.25) is 0 Å². The van der Waals surface area contributed by atoms with Gasteiger partial charge < -0.3 is 19.6 Å². The molecule has 2 aliphatic rings. The quantitative estimate of drug-likeness (QED) is 0.532. The molecule has 2 N–H and O–H groups in total. The second-order valence-corrected chi connectivity index (χ2v) is 9.34. The Morgan fingerprint density at radius 3 is 2.47 bits per heavy atom. The molecule has 1 aliphatic heterocycles. The molecule has 6 nitrogen and oxygen atoms in total. The van der Waals surface area contributed by atoms with Crippen molar-refractivity contribution in [2.75, 3.05) is 13.2 Å². The molecule has 1 atom stereocenters. The van der Waals surface area contributed by atoms with Gasteiger partial charge in [0, 0.05) is 23.9 Å². The van der Waals surface area contributed by atoms with Gasteiger partial charge in [-0.3, -0.25) is 4.98 Å². The van der Waals surface area contributed by atoms with Gasteiger partial charge in [0.05, 0.1) is 12.1 Å². The highest BCUT2D eigenvalue weighted by Gasteiger charge is 2.48. The summed E-state index contributed by atoms with van der Waals surface area (Å²) in [5, 5.41) is 10.7. The summed E-state index contributed by atoms with van der Waals surface area (Å²) in [4.78, 5) is 13.7. The van der Waals surface area contributed by atoms with Gasteiger partial charge in [-0.1, -0.05) is 18.9 Å². The number of hydrogen-bond acceptors (Lipinski definition) is 5. The molecule has 0 bridgehead atoms. The van der Waals surface area contributed by atoms with Crippen LogP contribution in [0, 0.1) is 13.8 Å². The van der Waals surface area contributed by atoms with Crippen LogP contribution >= 0.6 is 0 Å². The number of furan rings is 1. The van der Waals surface area contributed by atoms with Crippen molar-refractivity contribution in [1.29, 1.82) is 0 Å². The minimum atomic E-state index is -5.08. The Kier molecular flexibility index (Phi) is 8.41. The van der Waals surface area contributed by atoms with Crippen LogP contribution in [0.2, 0.25) is 0 Å². The lowest BCUT2D eigenvalue weighted by Gasteiger charge is -2.46. The Morgan fingerprint density at radius 2 is 1.91 bits per heavy atom. The first-order valence-corrected chi connectivity index (χ1v) is 11.7. The molecule has 188 valence electrons. The number of carboxylic acids is 1. The molecule has 3 heterocycles. The van der Waals surface area contributed by atoms with Crippen molar-refractivity contribution < 1.29 is 32.2 Å². The predicted octanol–water partition coefficient (Wildman–Crippen LogP) is 5.47. The molecule has 1 aliphatic carbocycles. The Labute approximate surface area is 197 Å². The number of aryl methyl sites for hydroxylation is 2. The summed E-state index contributed by atoms with van der Waals surface area (Å²) in [6, 6.07) is 8.50. The van der Waals surface area contributed by atoms with Crippen molar-refractivity contribution in [3.8, 4) is 0 Å². The van der Waals surface area contributed by atoms with E-state index in [1.54, 1.807) is 0 Å². The zero-order chi connectivity index (χ0) is 24.8. The summed E-state index contributed by atoms with van der Waals surface area (Å²) in [5.74, 6) is -0.715. The Balaban J connectivity index is 0.000000406. The lowest BCUT2D eigenvalue weighted by Crippen LogP contribution is -2.47. The number of carbonyl (C=O) groups is 1. The molecule has 2 fully saturated rings. The molecular weight excluding hydrogens is 449 g/mol. The summed E-state index contributed by atoms with van der Waals surface area (Å²) >= 11 is 0. The van der Waals surface area contributed by atoms with E-state index in [0.29, 0.717) is 0 Å². The van der Waals surface area contributed by atoms with Gasteiger partial charge in [-0.25, -0.2) is 4.79 Å². The van der Waals surface area contributed by atoms with Gasteiger partial charge >= 0.3 is 12.1 Å². The highest BCUT2D eigenvalue weighted by atomic mass is 19.4. The summed E-state index contributed by atoms with van der Waals surface area (Å²) in [6.45, 7) is 6.73. The molecule has 2 aromatic heterocycles. The maximum absolute atomic E-state index is 10.6. The van der Waals surface area contributed by atoms with Crippen LogP contribution in [0.25, 0.3) is 0 Å². The molecule has 0 amide bonds. The second-order valence-electron chi connectivity index (χ2n) is 9.34. The number of rotatable bonds is 6. The molecule has 1 saturated heterocycles. The number of nitrogens with one attached hydrogen (secondary N) is 1. The third-order valence-corrected chi connectivity index (χ3v) is 6.91. The number of carboxylic acid groups (broad SMARTS) is 1. The third kappa shape index (κ3) is 6.60. The van der Waals surface area contributed by atoms with E-state index in [2.05, 4.69) is 30.4 Å². The summed E-state index contributed by atoms with van der Waals surface area (Å²) < 4.78 is 43.9. The molecule has 4 rings (SSSR count). The fraction of sp³-hybridized carbons (Fsp3) is 0.600. The molecular formula is C25H33F3N2O4. The number of alkyl halides is 3. The van der Waals surface area contributed by atoms with Crippen LogP contribution in [0.3, 0.4) is 0 Å². The normalized spacial score (nSPS) is 21.8. The smallest absolute Gasteiger partial charge is 0.475 e. The summed E-state index contributed by atoms with van der Waals surface area (Å²) in [5.41, 5.74) is 2.67. The van der Waals surface area contributed by atoms with Crippen LogP contribution in [-0.4, -0.2) is 41.0 Å². The van der Waals surface area contributed by atoms with Crippen molar-refractivity contribution in [2.24, 2.45) is 0 Å². The number of nitrogens with zero attached hydrogens (tertiary/aromatic N) is 1. The van der Waals surface area contributed by atoms with Gasteiger partial charge in [-0.2, -0.15) is 13.2 Å². The van der Waals surface area contributed by atoms with Crippen LogP contribution in [0.15, 0.2) is 34.9 Å². The molecule has 9 heteroatoms. The van der Waals surface area contributed by atoms with E-state index in [-0.39, 0.29) is 11.0 Å². The maximum atomic E-state index is 10.6. The molecule has 1 saturated carbocycles. The van der Waals surface area contributed by atoms with Crippen molar-refractivity contribution in [1.82, 2.24) is 10.3 Å². The van der Waals surface area contributed by atoms with Crippen molar-refractivity contribution in [3.05, 3.63) is 53.2 Å². The number of ether oxygens (including phenoxy) is 1. The molecule has 2 aromatic rings. The van der Waals surface area contributed by atoms with E-state index < -0.39 is 12.1 Å². The molecule has 0 unspecified atom stereocenters. The maximum Gasteiger partial charge on any atom is 0.490 e. The van der Waals surface area contributed by atoms with Crippen molar-refractivity contribution >= 4 is 5.97 Å². The third-order valence-electron chi connectivity index (χ3n) is 6.91. The monoisotopic (exact) mass is 482 g/mol. The van der Waals surface area contributed by atoms with E-state index >= 15 is 0 Å². The lowest BCUT2D eigenvalue weighted by atomic mass is 9.68. The molecule has 0 aromatic carbocycles. The van der Waals surface area contributed by atoms with Crippen LogP contribution in [0.4, 0.5) is 13.2 Å². The fourth-order valence-electron chi connectivity index (χ4n) is 5.07. The highest BCUT2D eigenvalue weighted by molar-refractivity contribution is 5.73. The van der Waals surface area contributed by atoms with Gasteiger partial charge in [-0.15, -0.1) is 0 Å². The minimum absolute atomic E-state index is 0.0883. The minimum Gasteiger partial charge on any atom is -0.475 e. The van der Waals surface area contributed by atoms with Crippen LogP contribution in [-0.2, 0) is 21.5 Å². The zero-order valence-corrected chi connectivity index (χ0v) is 19.7. The van der Waals surface area contributed by atoms with Gasteiger partial charge in [0.25, 0.3) is 0 Å². The largest absolute Gasteiger partial charge is 0.490 e. The predicted molar refractivity (Wildman–Crippen MR) is 120 cm³/mol. The number of aliphatic carboxylic acids is 1. The summed E-state index contributed by atoms with van der Waals surface area (Å²) in [7, 11) is 0. The first-order valence-electron chi connectivity index (χ1n) is 11.7. The van der Waals surface area contributed by atoms with Crippen LogP contribution < -0.4 is 5.32 Å². The Morgan fingerprint density at radius 1 is 1.21 bits per heavy atom. The van der Waals surface area contributed by atoms with Crippen molar-refractivity contribution in [3.63, 3.8) is 0 Å². The molecule has 34 heavy (non-hydrogen) atoms. The van der Waals surface area contributed by atoms with E-state index in [9.17, 15) is 13.2 Å². The Bertz CT molecular complexity index is 920. The highest BCUT2D eigenvalue weighted by Crippen LogP contribution is 2.49. The average Bonchev–Trinajstić information content (AvgIpc) is 3.37. The first kappa shape index (κ1) is 26.2.